The van der Waals surface area contributed by atoms with Crippen molar-refractivity contribution in [3.63, 3.8) is 0 Å². The Morgan fingerprint density at radius 2 is 1.86 bits per heavy atom. The highest BCUT2D eigenvalue weighted by molar-refractivity contribution is 5.91. The second-order valence-electron chi connectivity index (χ2n) is 5.78. The van der Waals surface area contributed by atoms with E-state index in [4.69, 9.17) is 0 Å². The molecule has 2 heterocycles. The number of aromatic nitrogens is 4. The zero-order valence-corrected chi connectivity index (χ0v) is 14.5. The van der Waals surface area contributed by atoms with Crippen LogP contribution in [0.5, 0.6) is 5.75 Å². The fourth-order valence-corrected chi connectivity index (χ4v) is 2.74. The molecule has 2 aromatic heterocycles. The summed E-state index contributed by atoms with van der Waals surface area (Å²) in [5.74, 6) is 0.921. The van der Waals surface area contributed by atoms with E-state index in [9.17, 15) is 8.78 Å². The number of hydrogen-bond acceptors (Lipinski definition) is 5. The van der Waals surface area contributed by atoms with Crippen molar-refractivity contribution < 1.29 is 13.5 Å². The van der Waals surface area contributed by atoms with E-state index < -0.39 is 6.61 Å². The first kappa shape index (κ1) is 17.6. The summed E-state index contributed by atoms with van der Waals surface area (Å²) in [7, 11) is 0. The van der Waals surface area contributed by atoms with E-state index in [1.807, 2.05) is 24.3 Å². The van der Waals surface area contributed by atoms with Crippen LogP contribution < -0.4 is 9.31 Å². The first-order chi connectivity index (χ1) is 13.6. The van der Waals surface area contributed by atoms with Gasteiger partial charge in [0.15, 0.2) is 5.69 Å². The van der Waals surface area contributed by atoms with Crippen LogP contribution in [0.1, 0.15) is 0 Å². The van der Waals surface area contributed by atoms with Gasteiger partial charge in [-0.25, -0.2) is 14.5 Å². The maximum absolute atomic E-state index is 12.5. The molecule has 2 aromatic carbocycles. The van der Waals surface area contributed by atoms with E-state index in [2.05, 4.69) is 31.4 Å². The predicted molar refractivity (Wildman–Crippen MR) is 102 cm³/mol. The smallest absolute Gasteiger partial charge is 0.387 e. The van der Waals surface area contributed by atoms with Gasteiger partial charge in [-0.1, -0.05) is 18.2 Å². The van der Waals surface area contributed by atoms with Crippen molar-refractivity contribution in [3.8, 4) is 17.3 Å². The Bertz CT molecular complexity index is 1150. The van der Waals surface area contributed by atoms with Gasteiger partial charge in [0.1, 0.15) is 11.4 Å². The molecule has 0 N–H and O–H groups in total. The Labute approximate surface area is 158 Å². The molecule has 0 saturated heterocycles. The molecule has 0 aliphatic heterocycles. The average Bonchev–Trinajstić information content (AvgIpc) is 2.73. The van der Waals surface area contributed by atoms with E-state index in [1.54, 1.807) is 35.3 Å². The molecule has 0 fully saturated rings. The van der Waals surface area contributed by atoms with E-state index in [0.29, 0.717) is 28.5 Å². The van der Waals surface area contributed by atoms with Crippen molar-refractivity contribution in [1.29, 1.82) is 0 Å². The highest BCUT2D eigenvalue weighted by Gasteiger charge is 2.22. The number of benzene rings is 2. The second kappa shape index (κ2) is 7.43. The van der Waals surface area contributed by atoms with Crippen LogP contribution in [-0.2, 0) is 0 Å². The van der Waals surface area contributed by atoms with Gasteiger partial charge in [0, 0.05) is 18.5 Å². The van der Waals surface area contributed by atoms with Crippen molar-refractivity contribution in [1.82, 2.24) is 24.5 Å². The van der Waals surface area contributed by atoms with Gasteiger partial charge in [-0.15, -0.1) is 0 Å². The number of halogens is 2. The molecule has 0 saturated carbocycles. The minimum atomic E-state index is -2.91. The molecule has 0 bridgehead atoms. The van der Waals surface area contributed by atoms with Crippen LogP contribution in [0, 0.1) is 0 Å². The summed E-state index contributed by atoms with van der Waals surface area (Å²) < 4.78 is 31.1. The molecular formula is C20H14F2N5O+. The van der Waals surface area contributed by atoms with Crippen molar-refractivity contribution in [2.45, 2.75) is 6.61 Å². The highest BCUT2D eigenvalue weighted by Crippen LogP contribution is 2.30. The number of ether oxygens (including phenoxy) is 1. The molecule has 8 heteroatoms. The van der Waals surface area contributed by atoms with Crippen LogP contribution in [-0.4, -0.2) is 33.3 Å². The number of rotatable bonds is 5. The van der Waals surface area contributed by atoms with Gasteiger partial charge in [-0.2, -0.15) is 8.78 Å². The molecule has 28 heavy (non-hydrogen) atoms. The van der Waals surface area contributed by atoms with Crippen molar-refractivity contribution >= 4 is 29.1 Å². The van der Waals surface area contributed by atoms with Crippen molar-refractivity contribution in [3.05, 3.63) is 67.1 Å². The highest BCUT2D eigenvalue weighted by atomic mass is 19.3. The first-order valence-corrected chi connectivity index (χ1v) is 8.30. The molecule has 0 aliphatic carbocycles. The molecule has 0 spiro atoms. The minimum absolute atomic E-state index is 0.0358. The van der Waals surface area contributed by atoms with Gasteiger partial charge in [-0.3, -0.25) is 4.98 Å². The zero-order chi connectivity index (χ0) is 19.5. The molecule has 4 rings (SSSR count). The lowest BCUT2D eigenvalue weighted by atomic mass is 10.2. The molecule has 0 aliphatic rings. The summed E-state index contributed by atoms with van der Waals surface area (Å²) in [5.41, 5.74) is 1.74. The maximum Gasteiger partial charge on any atom is 0.387 e. The number of para-hydroxylation sites is 1. The van der Waals surface area contributed by atoms with Crippen molar-refractivity contribution in [2.24, 2.45) is 0 Å². The summed E-state index contributed by atoms with van der Waals surface area (Å²) in [5, 5.41) is 0.755. The van der Waals surface area contributed by atoms with Gasteiger partial charge in [0.2, 0.25) is 0 Å². The number of alkyl halides is 2. The largest absolute Gasteiger partial charge is 0.435 e. The molecular weight excluding hydrogens is 364 g/mol. The van der Waals surface area contributed by atoms with Gasteiger partial charge < -0.3 is 4.74 Å². The Morgan fingerprint density at radius 1 is 1.00 bits per heavy atom. The lowest BCUT2D eigenvalue weighted by Gasteiger charge is -2.08. The summed E-state index contributed by atoms with van der Waals surface area (Å²) in [4.78, 5) is 17.4. The fourth-order valence-electron chi connectivity index (χ4n) is 2.74. The van der Waals surface area contributed by atoms with Gasteiger partial charge in [0.05, 0.1) is 23.8 Å². The molecule has 0 radical (unpaired) electrons. The third-order valence-electron chi connectivity index (χ3n) is 3.99. The standard InChI is InChI=1S/C20H14F2N5O/c1-27(13-5-4-6-14(11-13)28-20(21)22)19-15-7-2-3-8-16(15)25-18(26-19)17-12-23-9-10-24-17/h2-12,20H,1H2/q+1. The van der Waals surface area contributed by atoms with E-state index in [-0.39, 0.29) is 5.75 Å². The summed E-state index contributed by atoms with van der Waals surface area (Å²) in [6.07, 6.45) is 4.69. The normalized spacial score (nSPS) is 11.0. The Morgan fingerprint density at radius 3 is 2.64 bits per heavy atom. The van der Waals surface area contributed by atoms with E-state index >= 15 is 0 Å². The SMILES string of the molecule is C=[N+](c1cccc(OC(F)F)c1)c1nc(-c2cnccn2)nc2ccccc12. The third kappa shape index (κ3) is 3.52. The Kier molecular flexibility index (Phi) is 4.67. The molecule has 138 valence electrons. The Hall–Kier alpha value is -3.81. The van der Waals surface area contributed by atoms with Crippen LogP contribution in [0.15, 0.2) is 67.1 Å². The van der Waals surface area contributed by atoms with E-state index in [0.717, 1.165) is 5.39 Å². The van der Waals surface area contributed by atoms with Crippen molar-refractivity contribution in [2.75, 3.05) is 0 Å². The summed E-state index contributed by atoms with van der Waals surface area (Å²) >= 11 is 0. The number of nitrogens with zero attached hydrogens (tertiary/aromatic N) is 5. The lowest BCUT2D eigenvalue weighted by Crippen LogP contribution is -2.07. The topological polar surface area (TPSA) is 63.8 Å². The average molecular weight is 378 g/mol. The van der Waals surface area contributed by atoms with Gasteiger partial charge in [-0.05, 0) is 29.2 Å². The van der Waals surface area contributed by atoms with Crippen LogP contribution in [0.3, 0.4) is 0 Å². The van der Waals surface area contributed by atoms with E-state index in [1.165, 1.54) is 12.1 Å². The summed E-state index contributed by atoms with van der Waals surface area (Å²) in [6.45, 7) is 1.14. The Balaban J connectivity index is 1.84. The lowest BCUT2D eigenvalue weighted by molar-refractivity contribution is -0.0498. The monoisotopic (exact) mass is 378 g/mol. The van der Waals surface area contributed by atoms with Gasteiger partial charge >= 0.3 is 12.4 Å². The first-order valence-electron chi connectivity index (χ1n) is 8.30. The molecule has 0 unspecified atom stereocenters. The van der Waals surface area contributed by atoms with Crippen LogP contribution >= 0.6 is 0 Å². The zero-order valence-electron chi connectivity index (χ0n) is 14.5. The number of hydrogen-bond donors (Lipinski definition) is 0. The predicted octanol–water partition coefficient (Wildman–Crippen LogP) is 4.22. The molecule has 4 aromatic rings. The molecule has 6 nitrogen and oxygen atoms in total. The third-order valence-corrected chi connectivity index (χ3v) is 3.99. The van der Waals surface area contributed by atoms with Crippen LogP contribution in [0.4, 0.5) is 20.3 Å². The summed E-state index contributed by atoms with van der Waals surface area (Å²) in [6, 6.07) is 13.7. The fraction of sp³-hybridized carbons (Fsp3) is 0.0500. The second-order valence-corrected chi connectivity index (χ2v) is 5.78. The van der Waals surface area contributed by atoms with Crippen LogP contribution in [0.2, 0.25) is 0 Å². The maximum atomic E-state index is 12.5. The quantitative estimate of drug-likeness (QED) is 0.384. The van der Waals surface area contributed by atoms with Gasteiger partial charge in [0.25, 0.3) is 5.82 Å². The van der Waals surface area contributed by atoms with Crippen LogP contribution in [0.25, 0.3) is 22.4 Å². The molecule has 0 amide bonds. The molecule has 0 atom stereocenters. The minimum Gasteiger partial charge on any atom is -0.435 e. The number of fused-ring (bicyclic) bond motifs is 1.